The van der Waals surface area contributed by atoms with Gasteiger partial charge in [0.05, 0.1) is 26.5 Å². The molecule has 0 saturated carbocycles. The lowest BCUT2D eigenvalue weighted by molar-refractivity contribution is 0.269. The van der Waals surface area contributed by atoms with Crippen molar-refractivity contribution in [2.45, 2.75) is 26.3 Å². The number of methoxy groups -OCH3 is 1. The molecule has 4 heteroatoms. The Morgan fingerprint density at radius 3 is 2.79 bits per heavy atom. The molecule has 0 fully saturated rings. The monoisotopic (exact) mass is 260 g/mol. The third-order valence-electron chi connectivity index (χ3n) is 3.16. The van der Waals surface area contributed by atoms with Gasteiger partial charge >= 0.3 is 0 Å². The second-order valence-electron chi connectivity index (χ2n) is 4.83. The maximum Gasteiger partial charge on any atom is 0.126 e. The van der Waals surface area contributed by atoms with Gasteiger partial charge in [-0.3, -0.25) is 4.68 Å². The number of benzene rings is 1. The summed E-state index contributed by atoms with van der Waals surface area (Å²) < 4.78 is 7.15. The summed E-state index contributed by atoms with van der Waals surface area (Å²) in [7, 11) is 1.67. The van der Waals surface area contributed by atoms with E-state index in [4.69, 9.17) is 9.84 Å². The molecule has 1 N–H and O–H groups in total. The molecular weight excluding hydrogens is 240 g/mol. The van der Waals surface area contributed by atoms with Crippen molar-refractivity contribution in [3.63, 3.8) is 0 Å². The van der Waals surface area contributed by atoms with Gasteiger partial charge in [0, 0.05) is 17.3 Å². The molecule has 0 radical (unpaired) electrons. The fourth-order valence-corrected chi connectivity index (χ4v) is 2.04. The molecule has 1 aromatic heterocycles. The summed E-state index contributed by atoms with van der Waals surface area (Å²) in [5.41, 5.74) is 3.32. The normalized spacial score (nSPS) is 11.0. The number of aliphatic hydroxyl groups excluding tert-OH is 1. The highest BCUT2D eigenvalue weighted by atomic mass is 16.5. The Bertz CT molecular complexity index is 547. The van der Waals surface area contributed by atoms with Gasteiger partial charge in [0.1, 0.15) is 5.75 Å². The van der Waals surface area contributed by atoms with Crippen LogP contribution in [0.15, 0.2) is 30.6 Å². The maximum absolute atomic E-state index is 8.93. The molecular formula is C15H20N2O2. The van der Waals surface area contributed by atoms with Crippen molar-refractivity contribution >= 4 is 0 Å². The Kier molecular flexibility index (Phi) is 4.22. The lowest BCUT2D eigenvalue weighted by Gasteiger charge is -2.11. The van der Waals surface area contributed by atoms with E-state index in [-0.39, 0.29) is 6.61 Å². The predicted octanol–water partition coefficient (Wildman–Crippen LogP) is 2.67. The summed E-state index contributed by atoms with van der Waals surface area (Å²) in [5.74, 6) is 1.31. The highest BCUT2D eigenvalue weighted by Crippen LogP contribution is 2.32. The van der Waals surface area contributed by atoms with Crippen LogP contribution in [0.4, 0.5) is 0 Å². The zero-order valence-electron chi connectivity index (χ0n) is 11.6. The highest BCUT2D eigenvalue weighted by molar-refractivity contribution is 5.70. The Hall–Kier alpha value is -1.81. The van der Waals surface area contributed by atoms with Crippen LogP contribution in [0.1, 0.15) is 25.3 Å². The van der Waals surface area contributed by atoms with Crippen LogP contribution in [0.25, 0.3) is 11.1 Å². The number of hydrogen-bond acceptors (Lipinski definition) is 3. The molecule has 2 aromatic rings. The molecule has 0 spiro atoms. The van der Waals surface area contributed by atoms with Gasteiger partial charge in [-0.25, -0.2) is 0 Å². The molecule has 0 amide bonds. The lowest BCUT2D eigenvalue weighted by Crippen LogP contribution is -2.01. The fourth-order valence-electron chi connectivity index (χ4n) is 2.04. The maximum atomic E-state index is 8.93. The topological polar surface area (TPSA) is 47.3 Å². The first-order valence-corrected chi connectivity index (χ1v) is 6.47. The minimum absolute atomic E-state index is 0.0876. The van der Waals surface area contributed by atoms with Crippen molar-refractivity contribution in [2.75, 3.05) is 13.7 Å². The number of ether oxygens (including phenoxy) is 1. The van der Waals surface area contributed by atoms with Crippen molar-refractivity contribution in [2.24, 2.45) is 0 Å². The van der Waals surface area contributed by atoms with Crippen LogP contribution in [0.3, 0.4) is 0 Å². The van der Waals surface area contributed by atoms with Crippen LogP contribution in [0, 0.1) is 0 Å². The Labute approximate surface area is 113 Å². The highest BCUT2D eigenvalue weighted by Gasteiger charge is 2.10. The van der Waals surface area contributed by atoms with Crippen molar-refractivity contribution in [3.8, 4) is 16.9 Å². The number of rotatable bonds is 5. The van der Waals surface area contributed by atoms with E-state index in [2.05, 4.69) is 31.1 Å². The van der Waals surface area contributed by atoms with Gasteiger partial charge in [-0.1, -0.05) is 19.9 Å². The number of nitrogens with zero attached hydrogens (tertiary/aromatic N) is 2. The molecule has 19 heavy (non-hydrogen) atoms. The summed E-state index contributed by atoms with van der Waals surface area (Å²) >= 11 is 0. The number of aromatic nitrogens is 2. The zero-order chi connectivity index (χ0) is 13.8. The summed E-state index contributed by atoms with van der Waals surface area (Å²) in [6.45, 7) is 4.93. The van der Waals surface area contributed by atoms with Gasteiger partial charge in [0.15, 0.2) is 0 Å². The van der Waals surface area contributed by atoms with Crippen molar-refractivity contribution in [1.29, 1.82) is 0 Å². The van der Waals surface area contributed by atoms with E-state index in [1.54, 1.807) is 18.0 Å². The molecule has 4 nitrogen and oxygen atoms in total. The predicted molar refractivity (Wildman–Crippen MR) is 75.4 cm³/mol. The van der Waals surface area contributed by atoms with E-state index in [0.29, 0.717) is 12.5 Å². The van der Waals surface area contributed by atoms with E-state index in [9.17, 15) is 0 Å². The van der Waals surface area contributed by atoms with E-state index in [1.165, 1.54) is 5.56 Å². The summed E-state index contributed by atoms with van der Waals surface area (Å²) in [6.07, 6.45) is 3.73. The van der Waals surface area contributed by atoms with Crippen molar-refractivity contribution < 1.29 is 9.84 Å². The molecule has 0 aliphatic rings. The molecule has 0 unspecified atom stereocenters. The third kappa shape index (κ3) is 2.96. The standard InChI is InChI=1S/C15H20N2O2/c1-11(2)12-4-5-15(19-3)14(8-12)13-9-16-17(10-13)6-7-18/h4-5,8-11,18H,6-7H2,1-3H3. The van der Waals surface area contributed by atoms with E-state index in [1.807, 2.05) is 12.3 Å². The number of aliphatic hydroxyl groups is 1. The minimum Gasteiger partial charge on any atom is -0.496 e. The largest absolute Gasteiger partial charge is 0.496 e. The van der Waals surface area contributed by atoms with Crippen LogP contribution in [0.5, 0.6) is 5.75 Å². The molecule has 0 bridgehead atoms. The first kappa shape index (κ1) is 13.6. The van der Waals surface area contributed by atoms with E-state index in [0.717, 1.165) is 16.9 Å². The van der Waals surface area contributed by atoms with Gasteiger partial charge in [0.2, 0.25) is 0 Å². The second-order valence-corrected chi connectivity index (χ2v) is 4.83. The van der Waals surface area contributed by atoms with Crippen molar-refractivity contribution in [1.82, 2.24) is 9.78 Å². The Morgan fingerprint density at radius 2 is 2.16 bits per heavy atom. The lowest BCUT2D eigenvalue weighted by atomic mass is 9.98. The molecule has 0 aliphatic heterocycles. The average molecular weight is 260 g/mol. The van der Waals surface area contributed by atoms with E-state index >= 15 is 0 Å². The smallest absolute Gasteiger partial charge is 0.126 e. The van der Waals surface area contributed by atoms with Crippen molar-refractivity contribution in [3.05, 3.63) is 36.2 Å². The summed E-state index contributed by atoms with van der Waals surface area (Å²) in [4.78, 5) is 0. The molecule has 1 heterocycles. The first-order chi connectivity index (χ1) is 9.15. The van der Waals surface area contributed by atoms with Crippen LogP contribution in [0.2, 0.25) is 0 Å². The van der Waals surface area contributed by atoms with Gasteiger partial charge in [0.25, 0.3) is 0 Å². The second kappa shape index (κ2) is 5.89. The van der Waals surface area contributed by atoms with Gasteiger partial charge < -0.3 is 9.84 Å². The number of hydrogen-bond donors (Lipinski definition) is 1. The SMILES string of the molecule is COc1ccc(C(C)C)cc1-c1cnn(CCO)c1. The first-order valence-electron chi connectivity index (χ1n) is 6.47. The quantitative estimate of drug-likeness (QED) is 0.899. The van der Waals surface area contributed by atoms with E-state index < -0.39 is 0 Å². The van der Waals surface area contributed by atoms with Gasteiger partial charge in [-0.2, -0.15) is 5.10 Å². The fraction of sp³-hybridized carbons (Fsp3) is 0.400. The molecule has 102 valence electrons. The minimum atomic E-state index is 0.0876. The van der Waals surface area contributed by atoms with Crippen LogP contribution in [-0.2, 0) is 6.54 Å². The Balaban J connectivity index is 2.42. The molecule has 1 aromatic carbocycles. The molecule has 2 rings (SSSR count). The van der Waals surface area contributed by atoms with Gasteiger partial charge in [-0.05, 0) is 23.6 Å². The summed E-state index contributed by atoms with van der Waals surface area (Å²) in [5, 5.41) is 13.2. The third-order valence-corrected chi connectivity index (χ3v) is 3.16. The average Bonchev–Trinajstić information content (AvgIpc) is 2.87. The van der Waals surface area contributed by atoms with Crippen LogP contribution >= 0.6 is 0 Å². The molecule has 0 atom stereocenters. The molecule has 0 aliphatic carbocycles. The summed E-state index contributed by atoms with van der Waals surface area (Å²) in [6, 6.07) is 6.23. The van der Waals surface area contributed by atoms with Crippen LogP contribution in [-0.4, -0.2) is 28.6 Å². The molecule has 0 saturated heterocycles. The zero-order valence-corrected chi connectivity index (χ0v) is 11.6. The van der Waals surface area contributed by atoms with Gasteiger partial charge in [-0.15, -0.1) is 0 Å². The Morgan fingerprint density at radius 1 is 1.37 bits per heavy atom. The van der Waals surface area contributed by atoms with Crippen LogP contribution < -0.4 is 4.74 Å².